The van der Waals surface area contributed by atoms with E-state index in [1.165, 1.54) is 28.6 Å². The first kappa shape index (κ1) is 20.5. The van der Waals surface area contributed by atoms with Gasteiger partial charge in [0.1, 0.15) is 5.75 Å². The molecular formula is C21H20N2O5S. The Kier molecular flexibility index (Phi) is 6.26. The third kappa shape index (κ3) is 4.98. The van der Waals surface area contributed by atoms with Gasteiger partial charge in [-0.2, -0.15) is 4.31 Å². The number of hydrogen-bond donors (Lipinski definition) is 0. The molecule has 0 aliphatic heterocycles. The molecule has 0 spiro atoms. The van der Waals surface area contributed by atoms with Crippen LogP contribution in [0.4, 0.5) is 5.69 Å². The number of hydrogen-bond acceptors (Lipinski definition) is 5. The zero-order valence-electron chi connectivity index (χ0n) is 15.8. The molecule has 8 heteroatoms. The quantitative estimate of drug-likeness (QED) is 0.412. The van der Waals surface area contributed by atoms with Crippen molar-refractivity contribution in [3.8, 4) is 5.75 Å². The highest BCUT2D eigenvalue weighted by Crippen LogP contribution is 2.24. The molecule has 0 amide bonds. The second-order valence-electron chi connectivity index (χ2n) is 6.36. The Morgan fingerprint density at radius 3 is 1.93 bits per heavy atom. The summed E-state index contributed by atoms with van der Waals surface area (Å²) in [4.78, 5) is 10.3. The molecule has 0 bridgehead atoms. The highest BCUT2D eigenvalue weighted by Gasteiger charge is 2.25. The summed E-state index contributed by atoms with van der Waals surface area (Å²) in [5.41, 5.74) is 1.48. The summed E-state index contributed by atoms with van der Waals surface area (Å²) in [6.07, 6.45) is 0. The number of sulfonamides is 1. The Labute approximate surface area is 169 Å². The van der Waals surface area contributed by atoms with Gasteiger partial charge in [-0.1, -0.05) is 42.5 Å². The van der Waals surface area contributed by atoms with Crippen molar-refractivity contribution in [2.45, 2.75) is 18.0 Å². The van der Waals surface area contributed by atoms with Crippen molar-refractivity contribution < 1.29 is 18.1 Å². The number of nitrogens with zero attached hydrogens (tertiary/aromatic N) is 2. The second-order valence-corrected chi connectivity index (χ2v) is 8.30. The van der Waals surface area contributed by atoms with Gasteiger partial charge in [-0.25, -0.2) is 8.42 Å². The lowest BCUT2D eigenvalue weighted by molar-refractivity contribution is -0.384. The van der Waals surface area contributed by atoms with Crippen LogP contribution in [0.2, 0.25) is 0 Å². The van der Waals surface area contributed by atoms with Gasteiger partial charge < -0.3 is 4.74 Å². The van der Waals surface area contributed by atoms with Crippen LogP contribution in [0.1, 0.15) is 11.1 Å². The second kappa shape index (κ2) is 8.85. The van der Waals surface area contributed by atoms with E-state index in [0.717, 1.165) is 11.1 Å². The summed E-state index contributed by atoms with van der Waals surface area (Å²) in [5, 5.41) is 10.9. The number of methoxy groups -OCH3 is 1. The Bertz CT molecular complexity index is 1070. The highest BCUT2D eigenvalue weighted by molar-refractivity contribution is 7.89. The van der Waals surface area contributed by atoms with E-state index in [1.54, 1.807) is 19.2 Å². The molecule has 0 radical (unpaired) electrons. The van der Waals surface area contributed by atoms with E-state index in [9.17, 15) is 18.5 Å². The molecule has 7 nitrogen and oxygen atoms in total. The van der Waals surface area contributed by atoms with Gasteiger partial charge in [-0.15, -0.1) is 0 Å². The van der Waals surface area contributed by atoms with Crippen LogP contribution in [-0.4, -0.2) is 24.8 Å². The monoisotopic (exact) mass is 412 g/mol. The van der Waals surface area contributed by atoms with Crippen LogP contribution in [0.15, 0.2) is 83.8 Å². The van der Waals surface area contributed by atoms with Crippen LogP contribution >= 0.6 is 0 Å². The van der Waals surface area contributed by atoms with Crippen molar-refractivity contribution in [1.29, 1.82) is 0 Å². The molecule has 3 rings (SSSR count). The predicted octanol–water partition coefficient (Wildman–Crippen LogP) is 3.99. The summed E-state index contributed by atoms with van der Waals surface area (Å²) < 4.78 is 33.1. The van der Waals surface area contributed by atoms with Crippen LogP contribution < -0.4 is 4.74 Å². The number of ether oxygens (including phenoxy) is 1. The average Bonchev–Trinajstić information content (AvgIpc) is 2.74. The predicted molar refractivity (Wildman–Crippen MR) is 109 cm³/mol. The average molecular weight is 412 g/mol. The van der Waals surface area contributed by atoms with Crippen LogP contribution in [0, 0.1) is 10.1 Å². The van der Waals surface area contributed by atoms with E-state index < -0.39 is 14.9 Å². The van der Waals surface area contributed by atoms with Crippen molar-refractivity contribution in [3.05, 3.63) is 100 Å². The molecule has 0 unspecified atom stereocenters. The molecule has 3 aromatic carbocycles. The highest BCUT2D eigenvalue weighted by atomic mass is 32.2. The standard InChI is InChI=1S/C21H20N2O5S/c1-28-20-11-7-18(8-12-20)16-22(15-17-5-3-2-4-6-17)29(26,27)21-13-9-19(10-14-21)23(24)25/h2-14H,15-16H2,1H3. The minimum atomic E-state index is -3.88. The lowest BCUT2D eigenvalue weighted by Gasteiger charge is -2.22. The number of nitro groups is 1. The van der Waals surface area contributed by atoms with E-state index in [4.69, 9.17) is 4.74 Å². The van der Waals surface area contributed by atoms with Gasteiger partial charge in [-0.3, -0.25) is 10.1 Å². The molecule has 0 saturated heterocycles. The summed E-state index contributed by atoms with van der Waals surface area (Å²) >= 11 is 0. The molecule has 0 N–H and O–H groups in total. The van der Waals surface area contributed by atoms with Crippen molar-refractivity contribution >= 4 is 15.7 Å². The molecule has 0 aliphatic carbocycles. The third-order valence-corrected chi connectivity index (χ3v) is 6.21. The zero-order valence-corrected chi connectivity index (χ0v) is 16.6. The first-order chi connectivity index (χ1) is 13.9. The van der Waals surface area contributed by atoms with E-state index in [-0.39, 0.29) is 23.7 Å². The fourth-order valence-electron chi connectivity index (χ4n) is 2.84. The van der Waals surface area contributed by atoms with Crippen LogP contribution in [-0.2, 0) is 23.1 Å². The molecule has 29 heavy (non-hydrogen) atoms. The van der Waals surface area contributed by atoms with Gasteiger partial charge >= 0.3 is 0 Å². The van der Waals surface area contributed by atoms with Gasteiger partial charge in [0.05, 0.1) is 16.9 Å². The smallest absolute Gasteiger partial charge is 0.269 e. The number of non-ortho nitro benzene ring substituents is 1. The maximum Gasteiger partial charge on any atom is 0.269 e. The lowest BCUT2D eigenvalue weighted by Crippen LogP contribution is -2.30. The minimum Gasteiger partial charge on any atom is -0.497 e. The third-order valence-electron chi connectivity index (χ3n) is 4.41. The normalized spacial score (nSPS) is 11.4. The SMILES string of the molecule is COc1ccc(CN(Cc2ccccc2)S(=O)(=O)c2ccc([N+](=O)[O-])cc2)cc1. The van der Waals surface area contributed by atoms with Gasteiger partial charge in [0.25, 0.3) is 5.69 Å². The molecular weight excluding hydrogens is 392 g/mol. The Morgan fingerprint density at radius 2 is 1.41 bits per heavy atom. The number of nitro benzene ring substituents is 1. The first-order valence-electron chi connectivity index (χ1n) is 8.81. The number of rotatable bonds is 8. The molecule has 0 aromatic heterocycles. The minimum absolute atomic E-state index is 0.00698. The van der Waals surface area contributed by atoms with Crippen molar-refractivity contribution in [2.24, 2.45) is 0 Å². The molecule has 3 aromatic rings. The van der Waals surface area contributed by atoms with Crippen molar-refractivity contribution in [1.82, 2.24) is 4.31 Å². The van der Waals surface area contributed by atoms with Gasteiger partial charge in [0, 0.05) is 25.2 Å². The van der Waals surface area contributed by atoms with Crippen LogP contribution in [0.25, 0.3) is 0 Å². The fourth-order valence-corrected chi connectivity index (χ4v) is 4.25. The summed E-state index contributed by atoms with van der Waals surface area (Å²) in [6.45, 7) is 0.324. The molecule has 0 aliphatic rings. The van der Waals surface area contributed by atoms with E-state index in [0.29, 0.717) is 5.75 Å². The molecule has 0 heterocycles. The lowest BCUT2D eigenvalue weighted by atomic mass is 10.2. The Morgan fingerprint density at radius 1 is 0.862 bits per heavy atom. The molecule has 150 valence electrons. The topological polar surface area (TPSA) is 89.8 Å². The maximum atomic E-state index is 13.3. The summed E-state index contributed by atoms with van der Waals surface area (Å²) in [7, 11) is -2.31. The zero-order chi connectivity index (χ0) is 20.9. The largest absolute Gasteiger partial charge is 0.497 e. The maximum absolute atomic E-state index is 13.3. The van der Waals surface area contributed by atoms with Crippen LogP contribution in [0.5, 0.6) is 5.75 Å². The number of benzene rings is 3. The van der Waals surface area contributed by atoms with E-state index in [2.05, 4.69) is 0 Å². The van der Waals surface area contributed by atoms with Gasteiger partial charge in [-0.05, 0) is 35.4 Å². The van der Waals surface area contributed by atoms with E-state index in [1.807, 2.05) is 42.5 Å². The van der Waals surface area contributed by atoms with Gasteiger partial charge in [0.2, 0.25) is 10.0 Å². The Hall–Kier alpha value is -3.23. The first-order valence-corrected chi connectivity index (χ1v) is 10.3. The Balaban J connectivity index is 1.94. The van der Waals surface area contributed by atoms with Crippen molar-refractivity contribution in [3.63, 3.8) is 0 Å². The fraction of sp³-hybridized carbons (Fsp3) is 0.143. The molecule has 0 atom stereocenters. The molecule has 0 fully saturated rings. The molecule has 0 saturated carbocycles. The van der Waals surface area contributed by atoms with Crippen LogP contribution in [0.3, 0.4) is 0 Å². The van der Waals surface area contributed by atoms with Gasteiger partial charge in [0.15, 0.2) is 0 Å². The van der Waals surface area contributed by atoms with Crippen molar-refractivity contribution in [2.75, 3.05) is 7.11 Å². The van der Waals surface area contributed by atoms with E-state index >= 15 is 0 Å². The summed E-state index contributed by atoms with van der Waals surface area (Å²) in [5.74, 6) is 0.682. The summed E-state index contributed by atoms with van der Waals surface area (Å²) in [6, 6.07) is 21.3.